The van der Waals surface area contributed by atoms with E-state index in [0.29, 0.717) is 0 Å². The second-order valence-electron chi connectivity index (χ2n) is 6.90. The first-order valence-electron chi connectivity index (χ1n) is 8.80. The lowest BCUT2D eigenvalue weighted by molar-refractivity contribution is 0.115. The molecule has 0 bridgehead atoms. The van der Waals surface area contributed by atoms with Crippen LogP contribution in [0.4, 0.5) is 0 Å². The Morgan fingerprint density at radius 2 is 2.00 bits per heavy atom. The van der Waals surface area contributed by atoms with Crippen molar-refractivity contribution in [2.24, 2.45) is 10.9 Å². The minimum atomic E-state index is 0.756. The third-order valence-corrected chi connectivity index (χ3v) is 4.14. The molecule has 1 aliphatic rings. The fraction of sp³-hybridized carbons (Fsp3) is 0.632. The number of likely N-dealkylation sites (N-methyl/N-ethyl adjacent to an activating group) is 1. The minimum Gasteiger partial charge on any atom is -0.379 e. The summed E-state index contributed by atoms with van der Waals surface area (Å²) in [7, 11) is 8.06. The molecule has 1 fully saturated rings. The Morgan fingerprint density at radius 3 is 2.67 bits per heavy atom. The first-order valence-corrected chi connectivity index (χ1v) is 8.80. The van der Waals surface area contributed by atoms with Crippen LogP contribution in [0.3, 0.4) is 0 Å². The largest absolute Gasteiger partial charge is 0.379 e. The van der Waals surface area contributed by atoms with Gasteiger partial charge in [-0.2, -0.15) is 0 Å². The number of nitrogens with one attached hydrogen (secondary N) is 1. The Labute approximate surface area is 146 Å². The smallest absolute Gasteiger partial charge is 0.193 e. The lowest BCUT2D eigenvalue weighted by Gasteiger charge is -2.22. The number of hydrogen-bond donors (Lipinski definition) is 1. The van der Waals surface area contributed by atoms with Crippen LogP contribution in [0.5, 0.6) is 0 Å². The third kappa shape index (κ3) is 6.89. The highest BCUT2D eigenvalue weighted by atomic mass is 16.5. The summed E-state index contributed by atoms with van der Waals surface area (Å²) >= 11 is 0. The molecule has 1 N–H and O–H groups in total. The standard InChI is InChI=1S/C19H32N4O/c1-20-19(23(4)10-11-24-15-16-8-9-16)21-13-17-6-5-7-18(12-17)14-22(2)3/h5-7,12,16H,8-11,13-15H2,1-4H3,(H,20,21). The highest BCUT2D eigenvalue weighted by Crippen LogP contribution is 2.28. The van der Waals surface area contributed by atoms with Crippen LogP contribution in [0.25, 0.3) is 0 Å². The summed E-state index contributed by atoms with van der Waals surface area (Å²) in [6, 6.07) is 8.69. The van der Waals surface area contributed by atoms with Crippen LogP contribution in [-0.4, -0.2) is 63.7 Å². The van der Waals surface area contributed by atoms with E-state index >= 15 is 0 Å². The Balaban J connectivity index is 1.75. The molecule has 1 aromatic carbocycles. The van der Waals surface area contributed by atoms with E-state index < -0.39 is 0 Å². The molecule has 0 saturated heterocycles. The molecular formula is C19H32N4O. The van der Waals surface area contributed by atoms with Crippen molar-refractivity contribution in [1.29, 1.82) is 0 Å². The van der Waals surface area contributed by atoms with Crippen molar-refractivity contribution in [3.05, 3.63) is 35.4 Å². The highest BCUT2D eigenvalue weighted by molar-refractivity contribution is 5.79. The van der Waals surface area contributed by atoms with Gasteiger partial charge in [0.15, 0.2) is 5.96 Å². The van der Waals surface area contributed by atoms with Crippen LogP contribution < -0.4 is 5.32 Å². The van der Waals surface area contributed by atoms with E-state index in [4.69, 9.17) is 4.74 Å². The topological polar surface area (TPSA) is 40.1 Å². The van der Waals surface area contributed by atoms with Crippen molar-refractivity contribution in [1.82, 2.24) is 15.1 Å². The van der Waals surface area contributed by atoms with Gasteiger partial charge in [0.2, 0.25) is 0 Å². The lowest BCUT2D eigenvalue weighted by Crippen LogP contribution is -2.40. The van der Waals surface area contributed by atoms with Crippen LogP contribution in [-0.2, 0) is 17.8 Å². The molecule has 1 saturated carbocycles. The molecule has 0 spiro atoms. The van der Waals surface area contributed by atoms with E-state index in [1.165, 1.54) is 24.0 Å². The molecule has 0 radical (unpaired) electrons. The average Bonchev–Trinajstić information content (AvgIpc) is 3.36. The summed E-state index contributed by atoms with van der Waals surface area (Å²) in [5, 5.41) is 3.43. The van der Waals surface area contributed by atoms with Gasteiger partial charge in [-0.3, -0.25) is 4.99 Å². The lowest BCUT2D eigenvalue weighted by atomic mass is 10.1. The predicted molar refractivity (Wildman–Crippen MR) is 100 cm³/mol. The number of guanidine groups is 1. The maximum absolute atomic E-state index is 5.71. The SMILES string of the molecule is CN=C(NCc1cccc(CN(C)C)c1)N(C)CCOCC1CC1. The second kappa shape index (κ2) is 9.64. The number of ether oxygens (including phenoxy) is 1. The zero-order chi connectivity index (χ0) is 17.4. The van der Waals surface area contributed by atoms with Crippen LogP contribution in [0.2, 0.25) is 0 Å². The molecule has 0 aromatic heterocycles. The Kier molecular flexibility index (Phi) is 7.53. The fourth-order valence-corrected chi connectivity index (χ4v) is 2.61. The molecule has 1 aromatic rings. The van der Waals surface area contributed by atoms with Gasteiger partial charge in [-0.1, -0.05) is 24.3 Å². The number of nitrogens with zero attached hydrogens (tertiary/aromatic N) is 3. The van der Waals surface area contributed by atoms with E-state index in [1.807, 2.05) is 7.05 Å². The molecule has 5 heteroatoms. The summed E-state index contributed by atoms with van der Waals surface area (Å²) in [6.07, 6.45) is 2.68. The number of benzene rings is 1. The monoisotopic (exact) mass is 332 g/mol. The first kappa shape index (κ1) is 18.7. The van der Waals surface area contributed by atoms with Gasteiger partial charge in [0.1, 0.15) is 0 Å². The fourth-order valence-electron chi connectivity index (χ4n) is 2.61. The molecule has 24 heavy (non-hydrogen) atoms. The first-order chi connectivity index (χ1) is 11.6. The molecule has 0 heterocycles. The van der Waals surface area contributed by atoms with Gasteiger partial charge in [0, 0.05) is 40.3 Å². The molecule has 134 valence electrons. The molecule has 0 aliphatic heterocycles. The molecule has 1 aliphatic carbocycles. The van der Waals surface area contributed by atoms with Crippen molar-refractivity contribution in [2.75, 3.05) is 47.9 Å². The maximum Gasteiger partial charge on any atom is 0.193 e. The van der Waals surface area contributed by atoms with Crippen molar-refractivity contribution < 1.29 is 4.74 Å². The normalized spacial score (nSPS) is 15.0. The Bertz CT molecular complexity index is 526. The zero-order valence-electron chi connectivity index (χ0n) is 15.6. The van der Waals surface area contributed by atoms with E-state index in [2.05, 4.69) is 65.5 Å². The van der Waals surface area contributed by atoms with Gasteiger partial charge < -0.3 is 19.9 Å². The van der Waals surface area contributed by atoms with E-state index in [9.17, 15) is 0 Å². The predicted octanol–water partition coefficient (Wildman–Crippen LogP) is 2.18. The quantitative estimate of drug-likeness (QED) is 0.427. The number of hydrogen-bond acceptors (Lipinski definition) is 3. The third-order valence-electron chi connectivity index (χ3n) is 4.14. The van der Waals surface area contributed by atoms with Crippen molar-refractivity contribution in [2.45, 2.75) is 25.9 Å². The molecule has 5 nitrogen and oxygen atoms in total. The molecular weight excluding hydrogens is 300 g/mol. The van der Waals surface area contributed by atoms with Gasteiger partial charge in [-0.25, -0.2) is 0 Å². The van der Waals surface area contributed by atoms with Gasteiger partial charge >= 0.3 is 0 Å². The minimum absolute atomic E-state index is 0.756. The van der Waals surface area contributed by atoms with Crippen LogP contribution in [0, 0.1) is 5.92 Å². The highest BCUT2D eigenvalue weighted by Gasteiger charge is 2.21. The molecule has 0 unspecified atom stereocenters. The van der Waals surface area contributed by atoms with Crippen molar-refractivity contribution in [3.63, 3.8) is 0 Å². The summed E-state index contributed by atoms with van der Waals surface area (Å²) < 4.78 is 5.71. The summed E-state index contributed by atoms with van der Waals surface area (Å²) in [6.45, 7) is 4.26. The van der Waals surface area contributed by atoms with Crippen LogP contribution in [0.1, 0.15) is 24.0 Å². The second-order valence-corrected chi connectivity index (χ2v) is 6.90. The molecule has 0 amide bonds. The van der Waals surface area contributed by atoms with E-state index in [1.54, 1.807) is 0 Å². The van der Waals surface area contributed by atoms with Crippen LogP contribution in [0.15, 0.2) is 29.3 Å². The van der Waals surface area contributed by atoms with Crippen LogP contribution >= 0.6 is 0 Å². The van der Waals surface area contributed by atoms with E-state index in [-0.39, 0.29) is 0 Å². The molecule has 2 rings (SSSR count). The average molecular weight is 332 g/mol. The van der Waals surface area contributed by atoms with Gasteiger partial charge in [-0.05, 0) is 44.0 Å². The summed E-state index contributed by atoms with van der Waals surface area (Å²) in [5.74, 6) is 1.73. The Morgan fingerprint density at radius 1 is 1.25 bits per heavy atom. The zero-order valence-corrected chi connectivity index (χ0v) is 15.6. The summed E-state index contributed by atoms with van der Waals surface area (Å²) in [4.78, 5) is 8.67. The summed E-state index contributed by atoms with van der Waals surface area (Å²) in [5.41, 5.74) is 2.60. The van der Waals surface area contributed by atoms with Crippen molar-refractivity contribution in [3.8, 4) is 0 Å². The van der Waals surface area contributed by atoms with Gasteiger partial charge in [0.25, 0.3) is 0 Å². The Hall–Kier alpha value is -1.59. The maximum atomic E-state index is 5.71. The van der Waals surface area contributed by atoms with E-state index in [0.717, 1.165) is 44.7 Å². The number of aliphatic imine (C=N–C) groups is 1. The number of rotatable bonds is 9. The van der Waals surface area contributed by atoms with Crippen molar-refractivity contribution >= 4 is 5.96 Å². The van der Waals surface area contributed by atoms with Gasteiger partial charge in [-0.15, -0.1) is 0 Å². The van der Waals surface area contributed by atoms with Gasteiger partial charge in [0.05, 0.1) is 6.61 Å². The molecule has 0 atom stereocenters.